The maximum Gasteiger partial charge on any atom is 0.410 e. The topological polar surface area (TPSA) is 50.2 Å². The van der Waals surface area contributed by atoms with E-state index in [1.807, 2.05) is 0 Å². The van der Waals surface area contributed by atoms with E-state index in [9.17, 15) is 18.0 Å². The Morgan fingerprint density at radius 3 is 2.48 bits per heavy atom. The third-order valence-corrected chi connectivity index (χ3v) is 5.33. The summed E-state index contributed by atoms with van der Waals surface area (Å²) in [6.45, 7) is 1.23. The minimum Gasteiger partial charge on any atom is -0.363 e. The van der Waals surface area contributed by atoms with E-state index in [0.717, 1.165) is 17.5 Å². The Morgan fingerprint density at radius 2 is 1.85 bits per heavy atom. The van der Waals surface area contributed by atoms with Gasteiger partial charge >= 0.3 is 6.18 Å². The molecule has 4 rings (SSSR count). The largest absolute Gasteiger partial charge is 0.410 e. The van der Waals surface area contributed by atoms with Gasteiger partial charge in [0.2, 0.25) is 0 Å². The highest BCUT2D eigenvalue weighted by molar-refractivity contribution is 6.30. The lowest BCUT2D eigenvalue weighted by Gasteiger charge is -2.33. The molecule has 1 saturated heterocycles. The van der Waals surface area contributed by atoms with Crippen molar-refractivity contribution in [2.24, 2.45) is 0 Å². The molecular weight excluding hydrogens is 381 g/mol. The molecule has 1 aromatic heterocycles. The number of rotatable bonds is 2. The summed E-state index contributed by atoms with van der Waals surface area (Å²) in [4.78, 5) is 14.2. The van der Waals surface area contributed by atoms with Gasteiger partial charge in [0.05, 0.1) is 6.04 Å². The van der Waals surface area contributed by atoms with Gasteiger partial charge in [-0.3, -0.25) is 4.79 Å². The number of hydrogen-bond acceptors (Lipinski definition) is 3. The second kappa shape index (κ2) is 6.74. The Hall–Kier alpha value is -2.22. The molecule has 27 heavy (non-hydrogen) atoms. The lowest BCUT2D eigenvalue weighted by atomic mass is 9.97. The Labute approximate surface area is 159 Å². The third-order valence-electron chi connectivity index (χ3n) is 5.07. The Morgan fingerprint density at radius 1 is 1.19 bits per heavy atom. The molecule has 0 spiro atoms. The van der Waals surface area contributed by atoms with Crippen LogP contribution < -0.4 is 5.32 Å². The van der Waals surface area contributed by atoms with E-state index in [-0.39, 0.29) is 23.8 Å². The van der Waals surface area contributed by atoms with Crippen LogP contribution >= 0.6 is 11.6 Å². The minimum absolute atomic E-state index is 0.0467. The first-order chi connectivity index (χ1) is 12.8. The van der Waals surface area contributed by atoms with E-state index in [1.165, 1.54) is 6.07 Å². The van der Waals surface area contributed by atoms with Crippen LogP contribution in [0.1, 0.15) is 47.4 Å². The number of aromatic nitrogens is 2. The van der Waals surface area contributed by atoms with Crippen LogP contribution in [0.2, 0.25) is 5.02 Å². The van der Waals surface area contributed by atoms with Gasteiger partial charge in [0, 0.05) is 30.6 Å². The van der Waals surface area contributed by atoms with Gasteiger partial charge in [-0.25, -0.2) is 4.68 Å². The molecule has 0 aliphatic carbocycles. The number of likely N-dealkylation sites (tertiary alicyclic amines) is 1. The molecule has 9 heteroatoms. The molecule has 1 amide bonds. The average Bonchev–Trinajstić information content (AvgIpc) is 3.29. The van der Waals surface area contributed by atoms with Gasteiger partial charge in [0.15, 0.2) is 11.7 Å². The van der Waals surface area contributed by atoms with Crippen molar-refractivity contribution in [1.82, 2.24) is 14.7 Å². The van der Waals surface area contributed by atoms with Gasteiger partial charge in [0.25, 0.3) is 5.91 Å². The van der Waals surface area contributed by atoms with E-state index in [4.69, 9.17) is 11.6 Å². The summed E-state index contributed by atoms with van der Waals surface area (Å²) in [5.41, 5.74) is 0.749. The summed E-state index contributed by atoms with van der Waals surface area (Å²) in [7, 11) is 0. The number of fused-ring (bicyclic) bond motifs is 1. The summed E-state index contributed by atoms with van der Waals surface area (Å²) in [5.74, 6) is -0.119. The van der Waals surface area contributed by atoms with E-state index >= 15 is 0 Å². The number of carbonyl (C=O) groups excluding carboxylic acids is 1. The molecule has 0 radical (unpaired) electrons. The number of nitrogens with zero attached hydrogens (tertiary/aromatic N) is 3. The van der Waals surface area contributed by atoms with Crippen LogP contribution in [-0.2, 0) is 0 Å². The molecule has 2 aliphatic rings. The molecule has 3 heterocycles. The maximum absolute atomic E-state index is 13.7. The SMILES string of the molecule is O=C(c1cc2n(n1)C(C(F)(F)F)CC(c1ccc(Cl)cc1)N2)N1CCCC1. The molecular formula is C18H18ClF3N4O. The minimum atomic E-state index is -4.47. The number of nitrogens with one attached hydrogen (secondary N) is 1. The van der Waals surface area contributed by atoms with Crippen LogP contribution in [0.15, 0.2) is 30.3 Å². The summed E-state index contributed by atoms with van der Waals surface area (Å²) >= 11 is 5.88. The highest BCUT2D eigenvalue weighted by Gasteiger charge is 2.47. The van der Waals surface area contributed by atoms with Crippen molar-refractivity contribution in [3.05, 3.63) is 46.6 Å². The summed E-state index contributed by atoms with van der Waals surface area (Å²) in [5, 5.41) is 7.61. The van der Waals surface area contributed by atoms with Gasteiger partial charge < -0.3 is 10.2 Å². The maximum atomic E-state index is 13.7. The van der Waals surface area contributed by atoms with Crippen molar-refractivity contribution >= 4 is 23.3 Å². The van der Waals surface area contributed by atoms with Crippen molar-refractivity contribution < 1.29 is 18.0 Å². The smallest absolute Gasteiger partial charge is 0.363 e. The Balaban J connectivity index is 1.67. The predicted molar refractivity (Wildman–Crippen MR) is 94.9 cm³/mol. The molecule has 2 aromatic rings. The molecule has 2 atom stereocenters. The van der Waals surface area contributed by atoms with Crippen molar-refractivity contribution in [1.29, 1.82) is 0 Å². The molecule has 1 aromatic carbocycles. The van der Waals surface area contributed by atoms with Crippen molar-refractivity contribution in [3.63, 3.8) is 0 Å². The lowest BCUT2D eigenvalue weighted by Crippen LogP contribution is -2.36. The highest BCUT2D eigenvalue weighted by Crippen LogP contribution is 2.43. The zero-order valence-corrected chi connectivity index (χ0v) is 15.1. The first-order valence-electron chi connectivity index (χ1n) is 8.80. The number of amides is 1. The number of alkyl halides is 3. The molecule has 2 aliphatic heterocycles. The van der Waals surface area contributed by atoms with Crippen LogP contribution in [0.25, 0.3) is 0 Å². The first kappa shape index (κ1) is 18.2. The Kier molecular flexibility index (Phi) is 4.53. The van der Waals surface area contributed by atoms with E-state index < -0.39 is 18.3 Å². The van der Waals surface area contributed by atoms with Crippen molar-refractivity contribution in [2.75, 3.05) is 18.4 Å². The van der Waals surface area contributed by atoms with Crippen molar-refractivity contribution in [2.45, 2.75) is 37.5 Å². The number of hydrogen-bond donors (Lipinski definition) is 1. The zero-order chi connectivity index (χ0) is 19.2. The zero-order valence-electron chi connectivity index (χ0n) is 14.3. The predicted octanol–water partition coefficient (Wildman–Crippen LogP) is 4.43. The second-order valence-corrected chi connectivity index (χ2v) is 7.34. The molecule has 0 bridgehead atoms. The number of halogens is 4. The van der Waals surface area contributed by atoms with Crippen LogP contribution in [0, 0.1) is 0 Å². The summed E-state index contributed by atoms with van der Waals surface area (Å²) in [6, 6.07) is 5.78. The van der Waals surface area contributed by atoms with Crippen LogP contribution in [0.5, 0.6) is 0 Å². The van der Waals surface area contributed by atoms with Gasteiger partial charge in [-0.15, -0.1) is 0 Å². The van der Waals surface area contributed by atoms with Crippen LogP contribution in [0.3, 0.4) is 0 Å². The molecule has 144 valence electrons. The highest BCUT2D eigenvalue weighted by atomic mass is 35.5. The number of carbonyl (C=O) groups is 1. The number of anilines is 1. The van der Waals surface area contributed by atoms with Crippen LogP contribution in [-0.4, -0.2) is 39.9 Å². The van der Waals surface area contributed by atoms with E-state index in [2.05, 4.69) is 10.4 Å². The molecule has 1 N–H and O–H groups in total. The van der Waals surface area contributed by atoms with Gasteiger partial charge in [-0.2, -0.15) is 18.3 Å². The third kappa shape index (κ3) is 3.50. The lowest BCUT2D eigenvalue weighted by molar-refractivity contribution is -0.173. The summed E-state index contributed by atoms with van der Waals surface area (Å²) in [6.07, 6.45) is -2.87. The molecule has 2 unspecified atom stereocenters. The average molecular weight is 399 g/mol. The monoisotopic (exact) mass is 398 g/mol. The fourth-order valence-corrected chi connectivity index (χ4v) is 3.80. The fourth-order valence-electron chi connectivity index (χ4n) is 3.67. The summed E-state index contributed by atoms with van der Waals surface area (Å²) < 4.78 is 41.9. The van der Waals surface area contributed by atoms with E-state index in [1.54, 1.807) is 29.2 Å². The normalized spacial score (nSPS) is 22.4. The molecule has 5 nitrogen and oxygen atoms in total. The number of benzene rings is 1. The van der Waals surface area contributed by atoms with Crippen LogP contribution in [0.4, 0.5) is 19.0 Å². The van der Waals surface area contributed by atoms with Gasteiger partial charge in [-0.05, 0) is 30.5 Å². The second-order valence-electron chi connectivity index (χ2n) is 6.90. The van der Waals surface area contributed by atoms with E-state index in [0.29, 0.717) is 23.7 Å². The van der Waals surface area contributed by atoms with Gasteiger partial charge in [-0.1, -0.05) is 23.7 Å². The fraction of sp³-hybridized carbons (Fsp3) is 0.444. The molecule has 0 saturated carbocycles. The first-order valence-corrected chi connectivity index (χ1v) is 9.18. The van der Waals surface area contributed by atoms with Gasteiger partial charge in [0.1, 0.15) is 5.82 Å². The standard InChI is InChI=1S/C18H18ClF3N4O/c19-12-5-3-11(4-6-12)13-9-15(18(20,21)22)26-16(23-13)10-14(24-26)17(27)25-7-1-2-8-25/h3-6,10,13,15,23H,1-2,7-9H2. The molecule has 1 fully saturated rings. The van der Waals surface area contributed by atoms with Crippen molar-refractivity contribution in [3.8, 4) is 0 Å². The quantitative estimate of drug-likeness (QED) is 0.814. The Bertz CT molecular complexity index is 843.